The molecule has 0 amide bonds. The van der Waals surface area contributed by atoms with Crippen molar-refractivity contribution < 1.29 is 9.47 Å². The third-order valence-electron chi connectivity index (χ3n) is 3.98. The van der Waals surface area contributed by atoms with E-state index in [0.29, 0.717) is 12.3 Å². The quantitative estimate of drug-likeness (QED) is 0.625. The second kappa shape index (κ2) is 5.48. The third kappa shape index (κ3) is 2.71. The summed E-state index contributed by atoms with van der Waals surface area (Å²) < 4.78 is 6.92. The highest BCUT2D eigenvalue weighted by Crippen LogP contribution is 2.38. The lowest BCUT2D eigenvalue weighted by atomic mass is 9.88. The predicted molar refractivity (Wildman–Crippen MR) is 87.6 cm³/mol. The van der Waals surface area contributed by atoms with Crippen LogP contribution in [-0.2, 0) is 6.42 Å². The summed E-state index contributed by atoms with van der Waals surface area (Å²) in [4.78, 5) is 0. The first kappa shape index (κ1) is 14.6. The molecule has 1 aromatic carbocycles. The summed E-state index contributed by atoms with van der Waals surface area (Å²) >= 11 is 0. The van der Waals surface area contributed by atoms with Gasteiger partial charge in [-0.1, -0.05) is 32.9 Å². The first-order chi connectivity index (χ1) is 10.5. The Morgan fingerprint density at radius 1 is 1.23 bits per heavy atom. The molecule has 3 heteroatoms. The first-order valence-electron chi connectivity index (χ1n) is 7.68. The molecule has 2 heterocycles. The Morgan fingerprint density at radius 3 is 2.77 bits per heavy atom. The van der Waals surface area contributed by atoms with E-state index in [1.165, 1.54) is 11.8 Å². The first-order valence-corrected chi connectivity index (χ1v) is 7.68. The molecule has 0 atom stereocenters. The Labute approximate surface area is 131 Å². The molecule has 3 nitrogen and oxygen atoms in total. The minimum absolute atomic E-state index is 0.135. The van der Waals surface area contributed by atoms with Crippen molar-refractivity contribution in [2.24, 2.45) is 5.41 Å². The summed E-state index contributed by atoms with van der Waals surface area (Å²) in [6, 6.07) is 11.7. The topological polar surface area (TPSA) is 36.2 Å². The van der Waals surface area contributed by atoms with Crippen LogP contribution in [-0.4, -0.2) is 6.61 Å². The van der Waals surface area contributed by atoms with Crippen LogP contribution in [0.4, 0.5) is 0 Å². The molecule has 3 rings (SSSR count). The second-order valence-electron chi connectivity index (χ2n) is 6.43. The van der Waals surface area contributed by atoms with Crippen LogP contribution < -0.4 is 9.47 Å². The largest absolute Gasteiger partial charge is 0.618 e. The zero-order valence-corrected chi connectivity index (χ0v) is 13.3. The van der Waals surface area contributed by atoms with Crippen LogP contribution in [0.15, 0.2) is 48.7 Å². The van der Waals surface area contributed by atoms with Crippen molar-refractivity contribution in [3.05, 3.63) is 70.7 Å². The standard InChI is InChI=1S/C19H21NO2/c1-4-14-8-9-18-15(11-14)16(12-19(2,3)13-22-18)17-7-5-6-10-20(17)21/h5-12H,4,13H2,1-3H3. The van der Waals surface area contributed by atoms with Crippen LogP contribution >= 0.6 is 0 Å². The molecule has 22 heavy (non-hydrogen) atoms. The van der Waals surface area contributed by atoms with Crippen molar-refractivity contribution in [3.8, 4) is 5.75 Å². The smallest absolute Gasteiger partial charge is 0.224 e. The van der Waals surface area contributed by atoms with Gasteiger partial charge in [0.1, 0.15) is 5.75 Å². The summed E-state index contributed by atoms with van der Waals surface area (Å²) in [6.45, 7) is 6.97. The fourth-order valence-corrected chi connectivity index (χ4v) is 2.76. The third-order valence-corrected chi connectivity index (χ3v) is 3.98. The van der Waals surface area contributed by atoms with Gasteiger partial charge in [0.15, 0.2) is 6.20 Å². The molecule has 0 aliphatic carbocycles. The Morgan fingerprint density at radius 2 is 2.05 bits per heavy atom. The van der Waals surface area contributed by atoms with Crippen molar-refractivity contribution in [3.63, 3.8) is 0 Å². The number of aromatic nitrogens is 1. The average Bonchev–Trinajstić information content (AvgIpc) is 2.64. The number of ether oxygens (including phenoxy) is 1. The maximum Gasteiger partial charge on any atom is 0.224 e. The van der Waals surface area contributed by atoms with Crippen molar-refractivity contribution >= 4 is 5.57 Å². The molecule has 0 N–H and O–H groups in total. The van der Waals surface area contributed by atoms with Crippen molar-refractivity contribution in [2.45, 2.75) is 27.2 Å². The van der Waals surface area contributed by atoms with Gasteiger partial charge in [-0.15, -0.1) is 0 Å². The van der Waals surface area contributed by atoms with Crippen LogP contribution in [0, 0.1) is 10.6 Å². The number of hydrogen-bond donors (Lipinski definition) is 0. The molecule has 0 unspecified atom stereocenters. The molecule has 2 aromatic rings. The minimum atomic E-state index is -0.135. The number of nitrogens with zero attached hydrogens (tertiary/aromatic N) is 1. The molecule has 114 valence electrons. The SMILES string of the molecule is CCc1ccc2c(c1)C(c1cccc[n+]1[O-])=CC(C)(C)CO2. The predicted octanol–water partition coefficient (Wildman–Crippen LogP) is 3.73. The van der Waals surface area contributed by atoms with Gasteiger partial charge in [0.2, 0.25) is 5.69 Å². The van der Waals surface area contributed by atoms with Gasteiger partial charge < -0.3 is 9.94 Å². The van der Waals surface area contributed by atoms with Crippen molar-refractivity contribution in [1.29, 1.82) is 0 Å². The Hall–Kier alpha value is -2.29. The Balaban J connectivity index is 2.25. The van der Waals surface area contributed by atoms with Gasteiger partial charge in [-0.05, 0) is 30.2 Å². The Bertz CT molecular complexity index is 732. The van der Waals surface area contributed by atoms with Crippen molar-refractivity contribution in [1.82, 2.24) is 0 Å². The zero-order chi connectivity index (χ0) is 15.7. The molecular formula is C19H21NO2. The highest BCUT2D eigenvalue weighted by atomic mass is 16.5. The molecule has 1 aromatic heterocycles. The highest BCUT2D eigenvalue weighted by molar-refractivity contribution is 5.81. The van der Waals surface area contributed by atoms with Crippen molar-refractivity contribution in [2.75, 3.05) is 6.61 Å². The van der Waals surface area contributed by atoms with E-state index in [1.807, 2.05) is 18.2 Å². The van der Waals surface area contributed by atoms with Gasteiger partial charge >= 0.3 is 0 Å². The van der Waals surface area contributed by atoms with E-state index in [1.54, 1.807) is 6.07 Å². The molecule has 1 aliphatic rings. The summed E-state index contributed by atoms with van der Waals surface area (Å²) in [7, 11) is 0. The van der Waals surface area contributed by atoms with Gasteiger partial charge in [0.25, 0.3) is 0 Å². The fourth-order valence-electron chi connectivity index (χ4n) is 2.76. The molecule has 0 spiro atoms. The number of fused-ring (bicyclic) bond motifs is 1. The van der Waals surface area contributed by atoms with Gasteiger partial charge in [0, 0.05) is 23.1 Å². The van der Waals surface area contributed by atoms with Crippen LogP contribution in [0.25, 0.3) is 5.57 Å². The molecule has 0 saturated carbocycles. The van der Waals surface area contributed by atoms with Crippen LogP contribution in [0.5, 0.6) is 5.75 Å². The van der Waals surface area contributed by atoms with E-state index in [0.717, 1.165) is 28.0 Å². The van der Waals surface area contributed by atoms with E-state index < -0.39 is 0 Å². The van der Waals surface area contributed by atoms with Crippen LogP contribution in [0.1, 0.15) is 37.6 Å². The molecule has 0 radical (unpaired) electrons. The van der Waals surface area contributed by atoms with E-state index in [-0.39, 0.29) is 5.41 Å². The van der Waals surface area contributed by atoms with E-state index >= 15 is 0 Å². The van der Waals surface area contributed by atoms with Crippen LogP contribution in [0.3, 0.4) is 0 Å². The molecule has 0 fully saturated rings. The van der Waals surface area contributed by atoms with E-state index in [4.69, 9.17) is 4.74 Å². The van der Waals surface area contributed by atoms with Gasteiger partial charge in [-0.2, -0.15) is 4.73 Å². The monoisotopic (exact) mass is 295 g/mol. The second-order valence-corrected chi connectivity index (χ2v) is 6.43. The molecule has 0 bridgehead atoms. The maximum absolute atomic E-state index is 12.2. The summed E-state index contributed by atoms with van der Waals surface area (Å²) in [5.41, 5.74) is 3.71. The number of pyridine rings is 1. The van der Waals surface area contributed by atoms with E-state index in [9.17, 15) is 5.21 Å². The number of rotatable bonds is 2. The zero-order valence-electron chi connectivity index (χ0n) is 13.3. The Kier molecular flexibility index (Phi) is 3.65. The maximum atomic E-state index is 12.2. The summed E-state index contributed by atoms with van der Waals surface area (Å²) in [5.74, 6) is 0.845. The lowest BCUT2D eigenvalue weighted by Crippen LogP contribution is -2.30. The fraction of sp³-hybridized carbons (Fsp3) is 0.316. The molecule has 1 aliphatic heterocycles. The molecule has 0 saturated heterocycles. The normalized spacial score (nSPS) is 16.2. The molecular weight excluding hydrogens is 274 g/mol. The number of benzene rings is 1. The van der Waals surface area contributed by atoms with Gasteiger partial charge in [-0.3, -0.25) is 0 Å². The van der Waals surface area contributed by atoms with E-state index in [2.05, 4.69) is 39.0 Å². The highest BCUT2D eigenvalue weighted by Gasteiger charge is 2.27. The van der Waals surface area contributed by atoms with Gasteiger partial charge in [-0.25, -0.2) is 0 Å². The minimum Gasteiger partial charge on any atom is -0.618 e. The van der Waals surface area contributed by atoms with Gasteiger partial charge in [0.05, 0.1) is 12.2 Å². The van der Waals surface area contributed by atoms with Crippen LogP contribution in [0.2, 0.25) is 0 Å². The summed E-state index contributed by atoms with van der Waals surface area (Å²) in [5, 5.41) is 12.2. The lowest BCUT2D eigenvalue weighted by molar-refractivity contribution is -0.607. The number of aryl methyl sites for hydroxylation is 1. The number of hydrogen-bond acceptors (Lipinski definition) is 2. The summed E-state index contributed by atoms with van der Waals surface area (Å²) in [6.07, 6.45) is 4.65. The lowest BCUT2D eigenvalue weighted by Gasteiger charge is -2.18. The average molecular weight is 295 g/mol.